The summed E-state index contributed by atoms with van der Waals surface area (Å²) in [6.07, 6.45) is 4.03. The number of hydrogen-bond donors (Lipinski definition) is 3. The maximum absolute atomic E-state index is 12.2. The Kier molecular flexibility index (Phi) is 4.84. The number of ether oxygens (including phenoxy) is 1. The third kappa shape index (κ3) is 4.60. The van der Waals surface area contributed by atoms with Crippen LogP contribution < -0.4 is 10.6 Å². The summed E-state index contributed by atoms with van der Waals surface area (Å²) >= 11 is 0. The number of nitrogens with one attached hydrogen (secondary N) is 3. The van der Waals surface area contributed by atoms with E-state index in [1.54, 1.807) is 13.0 Å². The SMILES string of the molecule is Cc1cc(CC(=O)Nc2cc([C@]3(C)CC[C@@H](OC(=O)NC4(C)CC4)C3)[nH]n2)on1. The zero-order chi connectivity index (χ0) is 20.6. The van der Waals surface area contributed by atoms with Gasteiger partial charge in [0.25, 0.3) is 0 Å². The lowest BCUT2D eigenvalue weighted by molar-refractivity contribution is -0.115. The Hall–Kier alpha value is -2.84. The van der Waals surface area contributed by atoms with Gasteiger partial charge >= 0.3 is 6.09 Å². The molecule has 0 saturated heterocycles. The van der Waals surface area contributed by atoms with Gasteiger partial charge in [0, 0.05) is 28.8 Å². The molecular weight excluding hydrogens is 374 g/mol. The van der Waals surface area contributed by atoms with Gasteiger partial charge in [-0.05, 0) is 46.0 Å². The number of anilines is 1. The van der Waals surface area contributed by atoms with Crippen molar-refractivity contribution in [1.29, 1.82) is 0 Å². The lowest BCUT2D eigenvalue weighted by atomic mass is 9.85. The normalized spacial score (nSPS) is 24.9. The van der Waals surface area contributed by atoms with Gasteiger partial charge in [-0.25, -0.2) is 4.79 Å². The van der Waals surface area contributed by atoms with Crippen LogP contribution in [0, 0.1) is 6.92 Å². The van der Waals surface area contributed by atoms with E-state index >= 15 is 0 Å². The number of aromatic nitrogens is 3. The van der Waals surface area contributed by atoms with Crippen LogP contribution in [0.15, 0.2) is 16.7 Å². The Bertz CT molecular complexity index is 916. The van der Waals surface area contributed by atoms with Crippen LogP contribution in [0.4, 0.5) is 10.6 Å². The molecule has 0 unspecified atom stereocenters. The maximum Gasteiger partial charge on any atom is 0.407 e. The van der Waals surface area contributed by atoms with Gasteiger partial charge in [0.2, 0.25) is 5.91 Å². The fourth-order valence-electron chi connectivity index (χ4n) is 3.81. The summed E-state index contributed by atoms with van der Waals surface area (Å²) in [5.41, 5.74) is 1.39. The highest BCUT2D eigenvalue weighted by molar-refractivity contribution is 5.91. The van der Waals surface area contributed by atoms with Crippen molar-refractivity contribution in [2.45, 2.75) is 76.4 Å². The van der Waals surface area contributed by atoms with Gasteiger partial charge in [0.1, 0.15) is 11.9 Å². The molecule has 156 valence electrons. The highest BCUT2D eigenvalue weighted by Gasteiger charge is 2.42. The smallest absolute Gasteiger partial charge is 0.407 e. The van der Waals surface area contributed by atoms with Crippen LogP contribution in [0.2, 0.25) is 0 Å². The number of aromatic amines is 1. The van der Waals surface area contributed by atoms with Crippen molar-refractivity contribution in [2.24, 2.45) is 0 Å². The number of rotatable bonds is 6. The second-order valence-electron chi connectivity index (χ2n) is 8.84. The number of carbonyl (C=O) groups excluding carboxylic acids is 2. The van der Waals surface area contributed by atoms with Crippen LogP contribution in [-0.2, 0) is 21.4 Å². The quantitative estimate of drug-likeness (QED) is 0.684. The van der Waals surface area contributed by atoms with E-state index in [9.17, 15) is 9.59 Å². The number of amides is 2. The van der Waals surface area contributed by atoms with Gasteiger partial charge < -0.3 is 19.9 Å². The van der Waals surface area contributed by atoms with Crippen molar-refractivity contribution in [3.8, 4) is 0 Å². The average molecular weight is 401 g/mol. The molecule has 0 radical (unpaired) electrons. The summed E-state index contributed by atoms with van der Waals surface area (Å²) in [5.74, 6) is 0.755. The molecule has 9 nitrogen and oxygen atoms in total. The Labute approximate surface area is 168 Å². The second kappa shape index (κ2) is 7.20. The largest absolute Gasteiger partial charge is 0.446 e. The summed E-state index contributed by atoms with van der Waals surface area (Å²) in [5, 5.41) is 16.7. The van der Waals surface area contributed by atoms with Crippen LogP contribution in [-0.4, -0.2) is 39.0 Å². The Morgan fingerprint density at radius 2 is 2.10 bits per heavy atom. The third-order valence-corrected chi connectivity index (χ3v) is 5.88. The zero-order valence-electron chi connectivity index (χ0n) is 17.0. The summed E-state index contributed by atoms with van der Waals surface area (Å²) in [7, 11) is 0. The van der Waals surface area contributed by atoms with Crippen molar-refractivity contribution in [2.75, 3.05) is 5.32 Å². The first-order chi connectivity index (χ1) is 13.7. The van der Waals surface area contributed by atoms with Crippen LogP contribution in [0.25, 0.3) is 0 Å². The zero-order valence-corrected chi connectivity index (χ0v) is 17.0. The summed E-state index contributed by atoms with van der Waals surface area (Å²) in [6.45, 7) is 5.95. The molecule has 3 N–H and O–H groups in total. The Balaban J connectivity index is 1.31. The number of nitrogens with zero attached hydrogens (tertiary/aromatic N) is 2. The van der Waals surface area contributed by atoms with Crippen molar-refractivity contribution in [1.82, 2.24) is 20.7 Å². The first kappa shape index (κ1) is 19.5. The predicted octanol–water partition coefficient (Wildman–Crippen LogP) is 2.98. The third-order valence-electron chi connectivity index (χ3n) is 5.88. The standard InChI is InChI=1S/C20H27N5O4/c1-12-8-14(29-25-12)9-17(26)21-16-10-15(23-24-16)19(2)5-4-13(11-19)28-18(27)22-20(3)6-7-20/h8,10,13H,4-7,9,11H2,1-3H3,(H,22,27)(H2,21,23,24,26)/t13-,19-/m1/s1. The topological polar surface area (TPSA) is 122 Å². The molecule has 0 aliphatic heterocycles. The number of aryl methyl sites for hydroxylation is 1. The van der Waals surface area contributed by atoms with E-state index in [0.717, 1.165) is 37.1 Å². The molecule has 2 amide bonds. The molecular formula is C20H27N5O4. The minimum atomic E-state index is -0.334. The Morgan fingerprint density at radius 3 is 2.79 bits per heavy atom. The van der Waals surface area contributed by atoms with E-state index in [4.69, 9.17) is 9.26 Å². The van der Waals surface area contributed by atoms with E-state index in [1.165, 1.54) is 0 Å². The van der Waals surface area contributed by atoms with Crippen LogP contribution in [0.1, 0.15) is 63.1 Å². The molecule has 0 aromatic carbocycles. The van der Waals surface area contributed by atoms with E-state index in [-0.39, 0.29) is 35.5 Å². The van der Waals surface area contributed by atoms with Crippen LogP contribution >= 0.6 is 0 Å². The number of carbonyl (C=O) groups is 2. The van der Waals surface area contributed by atoms with Gasteiger partial charge in [-0.3, -0.25) is 9.89 Å². The summed E-state index contributed by atoms with van der Waals surface area (Å²) in [6, 6.07) is 3.58. The molecule has 2 saturated carbocycles. The lowest BCUT2D eigenvalue weighted by Gasteiger charge is -2.22. The van der Waals surface area contributed by atoms with Crippen molar-refractivity contribution in [3.63, 3.8) is 0 Å². The maximum atomic E-state index is 12.2. The minimum Gasteiger partial charge on any atom is -0.446 e. The van der Waals surface area contributed by atoms with E-state index in [1.807, 2.05) is 13.0 Å². The fraction of sp³-hybridized carbons (Fsp3) is 0.600. The molecule has 2 atom stereocenters. The number of H-pyrrole nitrogens is 1. The second-order valence-corrected chi connectivity index (χ2v) is 8.84. The first-order valence-electron chi connectivity index (χ1n) is 10.00. The van der Waals surface area contributed by atoms with Crippen molar-refractivity contribution >= 4 is 17.8 Å². The molecule has 0 spiro atoms. The molecule has 2 fully saturated rings. The minimum absolute atomic E-state index is 0.0835. The summed E-state index contributed by atoms with van der Waals surface area (Å²) in [4.78, 5) is 24.2. The van der Waals surface area contributed by atoms with E-state index < -0.39 is 0 Å². The van der Waals surface area contributed by atoms with Crippen molar-refractivity contribution in [3.05, 3.63) is 29.3 Å². The molecule has 2 aromatic rings. The molecule has 9 heteroatoms. The van der Waals surface area contributed by atoms with Gasteiger partial charge in [-0.15, -0.1) is 0 Å². The molecule has 2 aliphatic rings. The number of hydrogen-bond acceptors (Lipinski definition) is 6. The Morgan fingerprint density at radius 1 is 1.31 bits per heavy atom. The first-order valence-corrected chi connectivity index (χ1v) is 10.00. The van der Waals surface area contributed by atoms with Gasteiger partial charge in [0.05, 0.1) is 12.1 Å². The van der Waals surface area contributed by atoms with Gasteiger partial charge in [0.15, 0.2) is 5.82 Å². The molecule has 2 aromatic heterocycles. The molecule has 2 heterocycles. The van der Waals surface area contributed by atoms with Crippen LogP contribution in [0.5, 0.6) is 0 Å². The lowest BCUT2D eigenvalue weighted by Crippen LogP contribution is -2.36. The molecule has 2 aliphatic carbocycles. The van der Waals surface area contributed by atoms with E-state index in [0.29, 0.717) is 18.0 Å². The molecule has 0 bridgehead atoms. The van der Waals surface area contributed by atoms with Crippen LogP contribution in [0.3, 0.4) is 0 Å². The van der Waals surface area contributed by atoms with Gasteiger partial charge in [-0.2, -0.15) is 5.10 Å². The highest BCUT2D eigenvalue weighted by atomic mass is 16.6. The van der Waals surface area contributed by atoms with Crippen molar-refractivity contribution < 1.29 is 18.8 Å². The highest BCUT2D eigenvalue weighted by Crippen LogP contribution is 2.42. The number of alkyl carbamates (subject to hydrolysis) is 1. The fourth-order valence-corrected chi connectivity index (χ4v) is 3.81. The molecule has 29 heavy (non-hydrogen) atoms. The average Bonchev–Trinajstić information content (AvgIpc) is 3.02. The van der Waals surface area contributed by atoms with Gasteiger partial charge in [-0.1, -0.05) is 12.1 Å². The molecule has 4 rings (SSSR count). The summed E-state index contributed by atoms with van der Waals surface area (Å²) < 4.78 is 10.7. The monoisotopic (exact) mass is 401 g/mol. The predicted molar refractivity (Wildman–Crippen MR) is 104 cm³/mol. The van der Waals surface area contributed by atoms with E-state index in [2.05, 4.69) is 32.9 Å².